The van der Waals surface area contributed by atoms with Gasteiger partial charge in [-0.3, -0.25) is 5.32 Å². The van der Waals surface area contributed by atoms with Crippen molar-refractivity contribution in [3.05, 3.63) is 0 Å². The van der Waals surface area contributed by atoms with E-state index in [4.69, 9.17) is 4.74 Å². The first-order valence-electron chi connectivity index (χ1n) is 6.27. The molecule has 0 aliphatic carbocycles. The monoisotopic (exact) mass is 248 g/mol. The van der Waals surface area contributed by atoms with E-state index in [0.717, 1.165) is 19.1 Å². The lowest BCUT2D eigenvalue weighted by Crippen LogP contribution is -2.45. The standard InChI is InChI=1S/C12H24N2O.ClH/c1-10-7-13-12(15-9-10)6-11-4-3-5-14(2)8-11;/h10-13H,3-9H2,1-2H3;1H. The van der Waals surface area contributed by atoms with Crippen molar-refractivity contribution >= 4 is 12.4 Å². The van der Waals surface area contributed by atoms with E-state index in [1.54, 1.807) is 0 Å². The van der Waals surface area contributed by atoms with E-state index < -0.39 is 0 Å². The van der Waals surface area contributed by atoms with Crippen LogP contribution in [0.2, 0.25) is 0 Å². The average molecular weight is 249 g/mol. The minimum absolute atomic E-state index is 0. The normalized spacial score (nSPS) is 36.8. The molecule has 0 saturated carbocycles. The van der Waals surface area contributed by atoms with E-state index in [1.165, 1.54) is 32.4 Å². The van der Waals surface area contributed by atoms with E-state index in [2.05, 4.69) is 24.2 Å². The lowest BCUT2D eigenvalue weighted by molar-refractivity contribution is -0.0404. The third-order valence-corrected chi connectivity index (χ3v) is 3.55. The predicted octanol–water partition coefficient (Wildman–Crippen LogP) is 1.72. The highest BCUT2D eigenvalue weighted by molar-refractivity contribution is 5.85. The summed E-state index contributed by atoms with van der Waals surface area (Å²) in [6.07, 6.45) is 4.24. The summed E-state index contributed by atoms with van der Waals surface area (Å²) < 4.78 is 5.80. The van der Waals surface area contributed by atoms with Crippen LogP contribution in [0, 0.1) is 11.8 Å². The molecule has 2 aliphatic rings. The minimum Gasteiger partial charge on any atom is -0.363 e. The molecule has 3 nitrogen and oxygen atoms in total. The van der Waals surface area contributed by atoms with Gasteiger partial charge in [-0.2, -0.15) is 0 Å². The smallest absolute Gasteiger partial charge is 0.108 e. The quantitative estimate of drug-likeness (QED) is 0.806. The van der Waals surface area contributed by atoms with Gasteiger partial charge in [-0.05, 0) is 44.7 Å². The Labute approximate surface area is 105 Å². The van der Waals surface area contributed by atoms with Crippen molar-refractivity contribution < 1.29 is 4.74 Å². The Bertz CT molecular complexity index is 195. The topological polar surface area (TPSA) is 24.5 Å². The molecule has 2 rings (SSSR count). The molecule has 16 heavy (non-hydrogen) atoms. The summed E-state index contributed by atoms with van der Waals surface area (Å²) in [6, 6.07) is 0. The number of halogens is 1. The highest BCUT2D eigenvalue weighted by atomic mass is 35.5. The molecular weight excluding hydrogens is 224 g/mol. The highest BCUT2D eigenvalue weighted by Gasteiger charge is 2.24. The van der Waals surface area contributed by atoms with E-state index in [9.17, 15) is 0 Å². The fraction of sp³-hybridized carbons (Fsp3) is 1.00. The molecule has 0 aromatic heterocycles. The first kappa shape index (κ1) is 14.2. The number of hydrogen-bond donors (Lipinski definition) is 1. The molecule has 3 atom stereocenters. The molecule has 0 bridgehead atoms. The number of ether oxygens (including phenoxy) is 1. The highest BCUT2D eigenvalue weighted by Crippen LogP contribution is 2.21. The van der Waals surface area contributed by atoms with Crippen molar-refractivity contribution in [3.63, 3.8) is 0 Å². The molecule has 96 valence electrons. The zero-order valence-corrected chi connectivity index (χ0v) is 11.3. The second kappa shape index (κ2) is 6.80. The fourth-order valence-electron chi connectivity index (χ4n) is 2.65. The third kappa shape index (κ3) is 4.21. The Morgan fingerprint density at radius 1 is 1.44 bits per heavy atom. The molecule has 3 unspecified atom stereocenters. The van der Waals surface area contributed by atoms with Crippen LogP contribution < -0.4 is 5.32 Å². The Morgan fingerprint density at radius 3 is 2.88 bits per heavy atom. The van der Waals surface area contributed by atoms with Crippen LogP contribution in [0.4, 0.5) is 0 Å². The molecule has 0 spiro atoms. The van der Waals surface area contributed by atoms with Gasteiger partial charge in [-0.15, -0.1) is 12.4 Å². The summed E-state index contributed by atoms with van der Waals surface area (Å²) in [5.74, 6) is 1.50. The zero-order valence-electron chi connectivity index (χ0n) is 10.4. The van der Waals surface area contributed by atoms with Crippen LogP contribution in [-0.4, -0.2) is 44.4 Å². The Morgan fingerprint density at radius 2 is 2.25 bits per heavy atom. The van der Waals surface area contributed by atoms with Crippen LogP contribution in [0.3, 0.4) is 0 Å². The second-order valence-electron chi connectivity index (χ2n) is 5.34. The van der Waals surface area contributed by atoms with E-state index in [-0.39, 0.29) is 12.4 Å². The summed E-state index contributed by atoms with van der Waals surface area (Å²) >= 11 is 0. The van der Waals surface area contributed by atoms with E-state index in [1.807, 2.05) is 0 Å². The van der Waals surface area contributed by atoms with Gasteiger partial charge in [0.15, 0.2) is 0 Å². The van der Waals surface area contributed by atoms with Gasteiger partial charge in [0.2, 0.25) is 0 Å². The van der Waals surface area contributed by atoms with Crippen molar-refractivity contribution in [2.75, 3.05) is 33.3 Å². The molecule has 0 aromatic rings. The van der Waals surface area contributed by atoms with E-state index in [0.29, 0.717) is 12.1 Å². The molecular formula is C12H25ClN2O. The molecule has 0 aromatic carbocycles. The average Bonchev–Trinajstić information content (AvgIpc) is 2.22. The Kier molecular flexibility index (Phi) is 6.05. The number of nitrogens with one attached hydrogen (secondary N) is 1. The van der Waals surface area contributed by atoms with Crippen LogP contribution in [0.5, 0.6) is 0 Å². The van der Waals surface area contributed by atoms with Crippen molar-refractivity contribution in [2.24, 2.45) is 11.8 Å². The van der Waals surface area contributed by atoms with Crippen LogP contribution in [-0.2, 0) is 4.74 Å². The Hall–Kier alpha value is 0.170. The lowest BCUT2D eigenvalue weighted by atomic mass is 9.94. The first-order valence-corrected chi connectivity index (χ1v) is 6.27. The molecule has 2 saturated heterocycles. The number of likely N-dealkylation sites (tertiary alicyclic amines) is 1. The van der Waals surface area contributed by atoms with Gasteiger partial charge < -0.3 is 9.64 Å². The summed E-state index contributed by atoms with van der Waals surface area (Å²) in [7, 11) is 2.23. The van der Waals surface area contributed by atoms with Crippen LogP contribution in [0.1, 0.15) is 26.2 Å². The SMILES string of the molecule is CC1CNC(CC2CCCN(C)C2)OC1.Cl. The molecule has 2 fully saturated rings. The maximum atomic E-state index is 5.80. The van der Waals surface area contributed by atoms with Gasteiger partial charge in [-0.25, -0.2) is 0 Å². The van der Waals surface area contributed by atoms with Crippen LogP contribution >= 0.6 is 12.4 Å². The van der Waals surface area contributed by atoms with Crippen molar-refractivity contribution in [1.82, 2.24) is 10.2 Å². The Balaban J connectivity index is 0.00000128. The number of hydrogen-bond acceptors (Lipinski definition) is 3. The van der Waals surface area contributed by atoms with Crippen molar-refractivity contribution in [1.29, 1.82) is 0 Å². The fourth-order valence-corrected chi connectivity index (χ4v) is 2.65. The maximum Gasteiger partial charge on any atom is 0.108 e. The molecule has 0 amide bonds. The van der Waals surface area contributed by atoms with Crippen LogP contribution in [0.25, 0.3) is 0 Å². The van der Waals surface area contributed by atoms with Crippen LogP contribution in [0.15, 0.2) is 0 Å². The molecule has 4 heteroatoms. The number of piperidine rings is 1. The minimum atomic E-state index is 0. The summed E-state index contributed by atoms with van der Waals surface area (Å²) in [4.78, 5) is 2.44. The summed E-state index contributed by atoms with van der Waals surface area (Å²) in [6.45, 7) is 6.80. The molecule has 1 N–H and O–H groups in total. The predicted molar refractivity (Wildman–Crippen MR) is 69.0 cm³/mol. The lowest BCUT2D eigenvalue weighted by Gasteiger charge is -2.34. The first-order chi connectivity index (χ1) is 7.24. The van der Waals surface area contributed by atoms with E-state index >= 15 is 0 Å². The number of rotatable bonds is 2. The van der Waals surface area contributed by atoms with Gasteiger partial charge in [0, 0.05) is 13.1 Å². The van der Waals surface area contributed by atoms with Gasteiger partial charge >= 0.3 is 0 Å². The van der Waals surface area contributed by atoms with Gasteiger partial charge in [-0.1, -0.05) is 6.92 Å². The van der Waals surface area contributed by atoms with Crippen molar-refractivity contribution in [2.45, 2.75) is 32.4 Å². The van der Waals surface area contributed by atoms with Gasteiger partial charge in [0.25, 0.3) is 0 Å². The third-order valence-electron chi connectivity index (χ3n) is 3.55. The summed E-state index contributed by atoms with van der Waals surface area (Å²) in [5, 5.41) is 3.49. The zero-order chi connectivity index (χ0) is 10.7. The molecule has 2 aliphatic heterocycles. The largest absolute Gasteiger partial charge is 0.363 e. The van der Waals surface area contributed by atoms with Gasteiger partial charge in [0.05, 0.1) is 6.61 Å². The second-order valence-corrected chi connectivity index (χ2v) is 5.34. The summed E-state index contributed by atoms with van der Waals surface area (Å²) in [5.41, 5.74) is 0. The van der Waals surface area contributed by atoms with Crippen molar-refractivity contribution in [3.8, 4) is 0 Å². The molecule has 2 heterocycles. The van der Waals surface area contributed by atoms with Gasteiger partial charge in [0.1, 0.15) is 6.23 Å². The molecule has 0 radical (unpaired) electrons. The maximum absolute atomic E-state index is 5.80. The number of nitrogens with zero attached hydrogens (tertiary/aromatic N) is 1.